The summed E-state index contributed by atoms with van der Waals surface area (Å²) in [6, 6.07) is 11.3. The van der Waals surface area contributed by atoms with Gasteiger partial charge in [0.2, 0.25) is 10.0 Å². The lowest BCUT2D eigenvalue weighted by molar-refractivity contribution is 0.400. The smallest absolute Gasteiger partial charge is 0.244 e. The van der Waals surface area contributed by atoms with E-state index in [9.17, 15) is 12.8 Å². The van der Waals surface area contributed by atoms with Gasteiger partial charge < -0.3 is 9.64 Å². The van der Waals surface area contributed by atoms with Crippen LogP contribution >= 0.6 is 0 Å². The van der Waals surface area contributed by atoms with Crippen LogP contribution in [0.25, 0.3) is 0 Å². The summed E-state index contributed by atoms with van der Waals surface area (Å²) in [4.78, 5) is 2.16. The van der Waals surface area contributed by atoms with Crippen LogP contribution in [0, 0.1) is 11.7 Å². The van der Waals surface area contributed by atoms with Crippen LogP contribution in [0.3, 0.4) is 0 Å². The minimum atomic E-state index is -3.89. The van der Waals surface area contributed by atoms with Crippen LogP contribution in [0.2, 0.25) is 0 Å². The van der Waals surface area contributed by atoms with Crippen LogP contribution in [0.15, 0.2) is 47.4 Å². The van der Waals surface area contributed by atoms with Crippen molar-refractivity contribution in [3.8, 4) is 5.75 Å². The fourth-order valence-electron chi connectivity index (χ4n) is 3.37. The average molecular weight is 392 g/mol. The highest BCUT2D eigenvalue weighted by atomic mass is 32.2. The molecule has 0 radical (unpaired) electrons. The Morgan fingerprint density at radius 2 is 1.96 bits per heavy atom. The molecule has 3 rings (SSSR count). The van der Waals surface area contributed by atoms with Gasteiger partial charge in [-0.05, 0) is 54.7 Å². The Balaban J connectivity index is 1.68. The lowest BCUT2D eigenvalue weighted by Gasteiger charge is -2.32. The molecule has 7 heteroatoms. The van der Waals surface area contributed by atoms with Gasteiger partial charge in [0.25, 0.3) is 0 Å². The molecule has 1 heterocycles. The van der Waals surface area contributed by atoms with E-state index in [0.717, 1.165) is 36.5 Å². The first-order chi connectivity index (χ1) is 12.9. The van der Waals surface area contributed by atoms with E-state index in [2.05, 4.69) is 16.5 Å². The predicted octanol–water partition coefficient (Wildman–Crippen LogP) is 3.55. The lowest BCUT2D eigenvalue weighted by atomic mass is 9.99. The second-order valence-corrected chi connectivity index (χ2v) is 8.71. The standard InChI is InChI=1S/C20H25FN2O3S/c1-15-4-3-11-23(14-15)18-8-5-16(6-9-18)13-22-27(24,25)20-12-17(21)7-10-19(20)26-2/h5-10,12,15,22H,3-4,11,13-14H2,1-2H3. The Kier molecular flexibility index (Phi) is 6.01. The van der Waals surface area contributed by atoms with Crippen LogP contribution in [0.5, 0.6) is 5.75 Å². The molecule has 0 bridgehead atoms. The number of sulfonamides is 1. The Hall–Kier alpha value is -2.12. The zero-order valence-corrected chi connectivity index (χ0v) is 16.4. The molecule has 1 fully saturated rings. The number of ether oxygens (including phenoxy) is 1. The second-order valence-electron chi connectivity index (χ2n) is 6.98. The number of anilines is 1. The molecule has 0 spiro atoms. The third-order valence-corrected chi connectivity index (χ3v) is 6.26. The summed E-state index contributed by atoms with van der Waals surface area (Å²) in [6.07, 6.45) is 2.46. The molecular weight excluding hydrogens is 367 g/mol. The summed E-state index contributed by atoms with van der Waals surface area (Å²) < 4.78 is 46.1. The van der Waals surface area contributed by atoms with Gasteiger partial charge in [0.15, 0.2) is 0 Å². The first kappa shape index (κ1) is 19.6. The molecule has 1 unspecified atom stereocenters. The van der Waals surface area contributed by atoms with E-state index in [4.69, 9.17) is 4.74 Å². The normalized spacial score (nSPS) is 17.7. The van der Waals surface area contributed by atoms with Crippen LogP contribution in [-0.4, -0.2) is 28.6 Å². The van der Waals surface area contributed by atoms with Gasteiger partial charge in [-0.1, -0.05) is 19.1 Å². The van der Waals surface area contributed by atoms with Gasteiger partial charge in [0.05, 0.1) is 7.11 Å². The van der Waals surface area contributed by atoms with Crippen molar-refractivity contribution in [3.63, 3.8) is 0 Å². The first-order valence-electron chi connectivity index (χ1n) is 9.06. The van der Waals surface area contributed by atoms with Crippen molar-refractivity contribution in [2.24, 2.45) is 5.92 Å². The molecule has 0 saturated carbocycles. The molecule has 0 amide bonds. The van der Waals surface area contributed by atoms with Crippen molar-refractivity contribution in [2.45, 2.75) is 31.2 Å². The summed E-state index contributed by atoms with van der Waals surface area (Å²) in [6.45, 7) is 4.48. The fourth-order valence-corrected chi connectivity index (χ4v) is 4.56. The summed E-state index contributed by atoms with van der Waals surface area (Å²) in [5.74, 6) is 0.168. The molecule has 2 aromatic rings. The molecule has 1 aliphatic rings. The highest BCUT2D eigenvalue weighted by Crippen LogP contribution is 2.25. The van der Waals surface area contributed by atoms with E-state index >= 15 is 0 Å². The van der Waals surface area contributed by atoms with Gasteiger partial charge in [-0.25, -0.2) is 17.5 Å². The van der Waals surface area contributed by atoms with E-state index in [1.807, 2.05) is 24.3 Å². The van der Waals surface area contributed by atoms with Crippen molar-refractivity contribution < 1.29 is 17.5 Å². The van der Waals surface area contributed by atoms with Crippen molar-refractivity contribution in [2.75, 3.05) is 25.1 Å². The van der Waals surface area contributed by atoms with Crippen LogP contribution in [0.1, 0.15) is 25.3 Å². The zero-order chi connectivity index (χ0) is 19.4. The number of rotatable bonds is 6. The maximum absolute atomic E-state index is 13.5. The highest BCUT2D eigenvalue weighted by Gasteiger charge is 2.20. The SMILES string of the molecule is COc1ccc(F)cc1S(=O)(=O)NCc1ccc(N2CCCC(C)C2)cc1. The summed E-state index contributed by atoms with van der Waals surface area (Å²) in [7, 11) is -2.53. The number of hydrogen-bond donors (Lipinski definition) is 1. The van der Waals surface area contributed by atoms with Gasteiger partial charge in [-0.15, -0.1) is 0 Å². The number of methoxy groups -OCH3 is 1. The third kappa shape index (κ3) is 4.78. The predicted molar refractivity (Wildman–Crippen MR) is 104 cm³/mol. The molecular formula is C20H25FN2O3S. The van der Waals surface area contributed by atoms with E-state index in [1.54, 1.807) is 0 Å². The van der Waals surface area contributed by atoms with Crippen molar-refractivity contribution in [1.29, 1.82) is 0 Å². The summed E-state index contributed by atoms with van der Waals surface area (Å²) >= 11 is 0. The fraction of sp³-hybridized carbons (Fsp3) is 0.400. The number of benzene rings is 2. The molecule has 0 aliphatic carbocycles. The molecule has 1 atom stereocenters. The van der Waals surface area contributed by atoms with E-state index < -0.39 is 15.8 Å². The van der Waals surface area contributed by atoms with Crippen molar-refractivity contribution >= 4 is 15.7 Å². The zero-order valence-electron chi connectivity index (χ0n) is 15.6. The Morgan fingerprint density at radius 1 is 1.22 bits per heavy atom. The monoisotopic (exact) mass is 392 g/mol. The van der Waals surface area contributed by atoms with Gasteiger partial charge >= 0.3 is 0 Å². The number of piperidine rings is 1. The Labute approximate surface area is 160 Å². The third-order valence-electron chi connectivity index (χ3n) is 4.84. The van der Waals surface area contributed by atoms with Crippen LogP contribution in [0.4, 0.5) is 10.1 Å². The highest BCUT2D eigenvalue weighted by molar-refractivity contribution is 7.89. The molecule has 0 aromatic heterocycles. The van der Waals surface area contributed by atoms with E-state index in [0.29, 0.717) is 5.92 Å². The molecule has 5 nitrogen and oxygen atoms in total. The molecule has 1 N–H and O–H groups in total. The molecule has 1 saturated heterocycles. The molecule has 27 heavy (non-hydrogen) atoms. The number of nitrogens with one attached hydrogen (secondary N) is 1. The lowest BCUT2D eigenvalue weighted by Crippen LogP contribution is -2.34. The number of nitrogens with zero attached hydrogens (tertiary/aromatic N) is 1. The maximum Gasteiger partial charge on any atom is 0.244 e. The number of halogens is 1. The quantitative estimate of drug-likeness (QED) is 0.817. The second kappa shape index (κ2) is 8.27. The molecule has 2 aromatic carbocycles. The minimum absolute atomic E-state index is 0.110. The number of hydrogen-bond acceptors (Lipinski definition) is 4. The summed E-state index contributed by atoms with van der Waals surface area (Å²) in [5, 5.41) is 0. The summed E-state index contributed by atoms with van der Waals surface area (Å²) in [5.41, 5.74) is 1.99. The molecule has 1 aliphatic heterocycles. The van der Waals surface area contributed by atoms with Gasteiger partial charge in [0.1, 0.15) is 16.5 Å². The van der Waals surface area contributed by atoms with Crippen molar-refractivity contribution in [3.05, 3.63) is 53.8 Å². The maximum atomic E-state index is 13.5. The van der Waals surface area contributed by atoms with Gasteiger partial charge in [-0.2, -0.15) is 0 Å². The average Bonchev–Trinajstić information content (AvgIpc) is 2.67. The van der Waals surface area contributed by atoms with Crippen LogP contribution in [-0.2, 0) is 16.6 Å². The largest absolute Gasteiger partial charge is 0.495 e. The van der Waals surface area contributed by atoms with E-state index in [1.165, 1.54) is 26.0 Å². The Bertz CT molecular complexity index is 885. The minimum Gasteiger partial charge on any atom is -0.495 e. The van der Waals surface area contributed by atoms with E-state index in [-0.39, 0.29) is 17.2 Å². The Morgan fingerprint density at radius 3 is 2.63 bits per heavy atom. The van der Waals surface area contributed by atoms with Crippen molar-refractivity contribution in [1.82, 2.24) is 4.72 Å². The first-order valence-corrected chi connectivity index (χ1v) is 10.5. The topological polar surface area (TPSA) is 58.6 Å². The van der Waals surface area contributed by atoms with Crippen LogP contribution < -0.4 is 14.4 Å². The van der Waals surface area contributed by atoms with Gasteiger partial charge in [-0.3, -0.25) is 0 Å². The molecule has 146 valence electrons. The van der Waals surface area contributed by atoms with Gasteiger partial charge in [0, 0.05) is 25.3 Å².